The van der Waals surface area contributed by atoms with Gasteiger partial charge in [-0.3, -0.25) is 0 Å². The summed E-state index contributed by atoms with van der Waals surface area (Å²) in [4.78, 5) is 0.602. The van der Waals surface area contributed by atoms with E-state index in [-0.39, 0.29) is 0 Å². The minimum Gasteiger partial charge on any atom is -0.345 e. The van der Waals surface area contributed by atoms with Crippen LogP contribution in [-0.4, -0.2) is 30.3 Å². The Morgan fingerprint density at radius 2 is 2.00 bits per heavy atom. The summed E-state index contributed by atoms with van der Waals surface area (Å²) in [6, 6.07) is 9.77. The van der Waals surface area contributed by atoms with Gasteiger partial charge in [-0.25, -0.2) is 0 Å². The highest BCUT2D eigenvalue weighted by atomic mass is 32.1. The molecule has 0 aromatic heterocycles. The van der Waals surface area contributed by atoms with Crippen molar-refractivity contribution >= 4 is 29.1 Å². The van der Waals surface area contributed by atoms with Crippen LogP contribution in [-0.2, 0) is 0 Å². The van der Waals surface area contributed by atoms with Crippen LogP contribution in [0.15, 0.2) is 35.4 Å². The topological polar surface area (TPSA) is 27.6 Å². The first kappa shape index (κ1) is 10.7. The van der Waals surface area contributed by atoms with Gasteiger partial charge < -0.3 is 10.3 Å². The zero-order valence-electron chi connectivity index (χ0n) is 8.27. The molecule has 0 saturated heterocycles. The molecule has 0 bridgehead atoms. The number of hydrazone groups is 1. The second-order valence-corrected chi connectivity index (χ2v) is 3.39. The minimum absolute atomic E-state index is 0.602. The molecule has 0 fully saturated rings. The van der Waals surface area contributed by atoms with Gasteiger partial charge in [0.05, 0.1) is 6.21 Å². The number of hydrogen-bond acceptors (Lipinski definition) is 3. The number of para-hydroxylation sites is 1. The Balaban J connectivity index is 2.50. The second kappa shape index (κ2) is 5.34. The molecule has 1 aromatic carbocycles. The Morgan fingerprint density at radius 3 is 2.57 bits per heavy atom. The van der Waals surface area contributed by atoms with Gasteiger partial charge in [-0.15, -0.1) is 0 Å². The van der Waals surface area contributed by atoms with Crippen LogP contribution in [0, 0.1) is 0 Å². The van der Waals surface area contributed by atoms with Gasteiger partial charge in [0.15, 0.2) is 0 Å². The number of thiocarbonyl (C=S) groups is 1. The highest BCUT2D eigenvalue weighted by Crippen LogP contribution is 2.04. The Labute approximate surface area is 89.4 Å². The van der Waals surface area contributed by atoms with Crippen molar-refractivity contribution in [2.45, 2.75) is 0 Å². The largest absolute Gasteiger partial charge is 0.345 e. The summed E-state index contributed by atoms with van der Waals surface area (Å²) in [6.45, 7) is 0. The van der Waals surface area contributed by atoms with Crippen LogP contribution in [0.4, 0.5) is 5.69 Å². The fourth-order valence-electron chi connectivity index (χ4n) is 0.864. The molecule has 0 spiro atoms. The molecule has 3 nitrogen and oxygen atoms in total. The maximum atomic E-state index is 5.07. The van der Waals surface area contributed by atoms with Crippen molar-refractivity contribution in [1.29, 1.82) is 0 Å². The second-order valence-electron chi connectivity index (χ2n) is 2.95. The van der Waals surface area contributed by atoms with E-state index in [4.69, 9.17) is 12.2 Å². The molecular formula is C10H13N3S. The van der Waals surface area contributed by atoms with E-state index in [1.807, 2.05) is 44.4 Å². The normalized spacial score (nSPS) is 10.1. The Morgan fingerprint density at radius 1 is 1.36 bits per heavy atom. The first-order chi connectivity index (χ1) is 6.68. The maximum absolute atomic E-state index is 5.07. The van der Waals surface area contributed by atoms with E-state index >= 15 is 0 Å². The van der Waals surface area contributed by atoms with Crippen molar-refractivity contribution in [3.63, 3.8) is 0 Å². The van der Waals surface area contributed by atoms with Crippen LogP contribution < -0.4 is 5.32 Å². The molecule has 1 rings (SSSR count). The highest BCUT2D eigenvalue weighted by molar-refractivity contribution is 7.82. The quantitative estimate of drug-likeness (QED) is 0.466. The molecule has 0 aliphatic carbocycles. The lowest BCUT2D eigenvalue weighted by atomic mass is 10.3. The maximum Gasteiger partial charge on any atom is 0.123 e. The molecule has 0 heterocycles. The third-order valence-corrected chi connectivity index (χ3v) is 1.65. The summed E-state index contributed by atoms with van der Waals surface area (Å²) in [7, 11) is 3.70. The SMILES string of the molecule is CN(C)/N=C/C(=S)Nc1ccccc1. The molecule has 0 saturated carbocycles. The lowest BCUT2D eigenvalue weighted by Gasteiger charge is -2.05. The van der Waals surface area contributed by atoms with Gasteiger partial charge in [0.2, 0.25) is 0 Å². The summed E-state index contributed by atoms with van der Waals surface area (Å²) in [6.07, 6.45) is 1.61. The summed E-state index contributed by atoms with van der Waals surface area (Å²) in [5, 5.41) is 8.77. The smallest absolute Gasteiger partial charge is 0.123 e. The van der Waals surface area contributed by atoms with Crippen molar-refractivity contribution in [3.05, 3.63) is 30.3 Å². The summed E-state index contributed by atoms with van der Waals surface area (Å²) < 4.78 is 0. The lowest BCUT2D eigenvalue weighted by Crippen LogP contribution is -2.13. The zero-order chi connectivity index (χ0) is 10.4. The van der Waals surface area contributed by atoms with Gasteiger partial charge in [0.1, 0.15) is 4.99 Å². The molecular weight excluding hydrogens is 194 g/mol. The van der Waals surface area contributed by atoms with Gasteiger partial charge in [0.25, 0.3) is 0 Å². The molecule has 4 heteroatoms. The molecule has 0 atom stereocenters. The highest BCUT2D eigenvalue weighted by Gasteiger charge is 1.92. The van der Waals surface area contributed by atoms with E-state index in [1.165, 1.54) is 0 Å². The van der Waals surface area contributed by atoms with Crippen molar-refractivity contribution in [3.8, 4) is 0 Å². The molecule has 74 valence electrons. The molecule has 1 N–H and O–H groups in total. The predicted octanol–water partition coefficient (Wildman–Crippen LogP) is 1.97. The van der Waals surface area contributed by atoms with E-state index in [1.54, 1.807) is 11.2 Å². The van der Waals surface area contributed by atoms with Crippen molar-refractivity contribution in [2.24, 2.45) is 5.10 Å². The van der Waals surface area contributed by atoms with Gasteiger partial charge >= 0.3 is 0 Å². The third-order valence-electron chi connectivity index (χ3n) is 1.45. The van der Waals surface area contributed by atoms with Gasteiger partial charge in [-0.1, -0.05) is 30.4 Å². The molecule has 14 heavy (non-hydrogen) atoms. The first-order valence-corrected chi connectivity index (χ1v) is 4.66. The number of benzene rings is 1. The molecule has 0 aliphatic rings. The van der Waals surface area contributed by atoms with E-state index in [0.29, 0.717) is 4.99 Å². The summed E-state index contributed by atoms with van der Waals surface area (Å²) in [5.41, 5.74) is 0.975. The van der Waals surface area contributed by atoms with Crippen molar-refractivity contribution in [1.82, 2.24) is 5.01 Å². The standard InChI is InChI=1S/C10H13N3S/c1-13(2)11-8-10(14)12-9-6-4-3-5-7-9/h3-8H,1-2H3,(H,12,14)/b11-8+. The van der Waals surface area contributed by atoms with Crippen molar-refractivity contribution in [2.75, 3.05) is 19.4 Å². The number of nitrogens with one attached hydrogen (secondary N) is 1. The number of rotatable bonds is 3. The molecule has 0 unspecified atom stereocenters. The minimum atomic E-state index is 0.602. The van der Waals surface area contributed by atoms with E-state index in [9.17, 15) is 0 Å². The molecule has 1 aromatic rings. The lowest BCUT2D eigenvalue weighted by molar-refractivity contribution is 0.441. The Kier molecular flexibility index (Phi) is 4.07. The first-order valence-electron chi connectivity index (χ1n) is 4.26. The van der Waals surface area contributed by atoms with Crippen LogP contribution in [0.3, 0.4) is 0 Å². The number of nitrogens with zero attached hydrogens (tertiary/aromatic N) is 2. The van der Waals surface area contributed by atoms with E-state index in [2.05, 4.69) is 10.4 Å². The van der Waals surface area contributed by atoms with Crippen LogP contribution in [0.1, 0.15) is 0 Å². The van der Waals surface area contributed by atoms with Crippen molar-refractivity contribution < 1.29 is 0 Å². The monoisotopic (exact) mass is 207 g/mol. The fourth-order valence-corrected chi connectivity index (χ4v) is 1.03. The van der Waals surface area contributed by atoms with Crippen LogP contribution in [0.5, 0.6) is 0 Å². The predicted molar refractivity (Wildman–Crippen MR) is 64.8 cm³/mol. The number of hydrogen-bond donors (Lipinski definition) is 1. The van der Waals surface area contributed by atoms with E-state index < -0.39 is 0 Å². The van der Waals surface area contributed by atoms with Crippen LogP contribution in [0.2, 0.25) is 0 Å². The molecule has 0 aliphatic heterocycles. The van der Waals surface area contributed by atoms with Crippen LogP contribution >= 0.6 is 12.2 Å². The molecule has 0 amide bonds. The molecule has 0 radical (unpaired) electrons. The summed E-state index contributed by atoms with van der Waals surface area (Å²) >= 11 is 5.07. The van der Waals surface area contributed by atoms with E-state index in [0.717, 1.165) is 5.69 Å². The fraction of sp³-hybridized carbons (Fsp3) is 0.200. The average Bonchev–Trinajstić information content (AvgIpc) is 2.16. The zero-order valence-corrected chi connectivity index (χ0v) is 9.08. The van der Waals surface area contributed by atoms with Gasteiger partial charge in [-0.05, 0) is 12.1 Å². The van der Waals surface area contributed by atoms with Gasteiger partial charge in [0, 0.05) is 19.8 Å². The summed E-state index contributed by atoms with van der Waals surface area (Å²) in [5.74, 6) is 0. The van der Waals surface area contributed by atoms with Crippen LogP contribution in [0.25, 0.3) is 0 Å². The van der Waals surface area contributed by atoms with Gasteiger partial charge in [-0.2, -0.15) is 5.10 Å². The Bertz CT molecular complexity index is 319. The Hall–Kier alpha value is -1.42. The number of anilines is 1. The third kappa shape index (κ3) is 4.00. The average molecular weight is 207 g/mol.